The van der Waals surface area contributed by atoms with E-state index in [1.807, 2.05) is 0 Å². The molecule has 2 rings (SSSR count). The monoisotopic (exact) mass is 302 g/mol. The van der Waals surface area contributed by atoms with Crippen LogP contribution in [-0.2, 0) is 19.4 Å². The Morgan fingerprint density at radius 2 is 2.15 bits per heavy atom. The van der Waals surface area contributed by atoms with Crippen LogP contribution >= 0.6 is 0 Å². The molecule has 0 bridgehead atoms. The van der Waals surface area contributed by atoms with E-state index in [0.29, 0.717) is 0 Å². The Morgan fingerprint density at radius 3 is 2.60 bits per heavy atom. The van der Waals surface area contributed by atoms with E-state index < -0.39 is 27.3 Å². The predicted molar refractivity (Wildman–Crippen MR) is 67.2 cm³/mol. The molecule has 0 aromatic carbocycles. The topological polar surface area (TPSA) is 126 Å². The highest BCUT2D eigenvalue weighted by Gasteiger charge is 2.44. The summed E-state index contributed by atoms with van der Waals surface area (Å²) in [5.74, 6) is -1.87. The average molecular weight is 302 g/mol. The van der Waals surface area contributed by atoms with Crippen LogP contribution < -0.4 is 5.32 Å². The molecular weight excluding hydrogens is 288 g/mol. The number of aromatic nitrogens is 1. The third-order valence-corrected chi connectivity index (χ3v) is 4.12. The van der Waals surface area contributed by atoms with E-state index in [9.17, 15) is 23.1 Å². The lowest BCUT2D eigenvalue weighted by Gasteiger charge is -2.23. The number of sulfone groups is 1. The van der Waals surface area contributed by atoms with Crippen LogP contribution in [0.25, 0.3) is 0 Å². The Hall–Kier alpha value is -1.87. The molecule has 110 valence electrons. The first-order valence-corrected chi connectivity index (χ1v) is 7.66. The maximum atomic E-state index is 12.0. The van der Waals surface area contributed by atoms with Crippen molar-refractivity contribution >= 4 is 21.7 Å². The fraction of sp³-hybridized carbons (Fsp3) is 0.455. The van der Waals surface area contributed by atoms with Gasteiger partial charge in [0.25, 0.3) is 5.91 Å². The van der Waals surface area contributed by atoms with E-state index in [1.165, 1.54) is 12.1 Å². The van der Waals surface area contributed by atoms with Gasteiger partial charge in [-0.15, -0.1) is 0 Å². The highest BCUT2D eigenvalue weighted by atomic mass is 32.2. The molecule has 0 radical (unpaired) electrons. The maximum Gasteiger partial charge on any atom is 0.331 e. The van der Waals surface area contributed by atoms with Crippen molar-refractivity contribution < 1.29 is 27.9 Å². The molecule has 8 nitrogen and oxygen atoms in total. The zero-order chi connectivity index (χ0) is 15.0. The zero-order valence-electron chi connectivity index (χ0n) is 10.7. The van der Waals surface area contributed by atoms with E-state index >= 15 is 0 Å². The minimum Gasteiger partial charge on any atom is -0.479 e. The molecule has 9 heteroatoms. The molecule has 1 amide bonds. The van der Waals surface area contributed by atoms with Gasteiger partial charge in [0.15, 0.2) is 15.4 Å². The number of carbonyl (C=O) groups excluding carboxylic acids is 1. The summed E-state index contributed by atoms with van der Waals surface area (Å²) in [4.78, 5) is 25.7. The van der Waals surface area contributed by atoms with Crippen LogP contribution in [0.3, 0.4) is 0 Å². The Labute approximate surface area is 115 Å². The van der Waals surface area contributed by atoms with Gasteiger partial charge in [-0.05, 0) is 12.1 Å². The SMILES string of the molecule is CS(=O)(=O)c1ccc(C(=O)NC2(C(=O)O)CCOC2)[nH]1. The van der Waals surface area contributed by atoms with E-state index in [-0.39, 0.29) is 30.4 Å². The Morgan fingerprint density at radius 1 is 1.45 bits per heavy atom. The number of carboxylic acids is 1. The predicted octanol–water partition coefficient (Wildman–Crippen LogP) is -0.608. The first-order chi connectivity index (χ1) is 9.24. The van der Waals surface area contributed by atoms with Crippen LogP contribution in [0.5, 0.6) is 0 Å². The van der Waals surface area contributed by atoms with E-state index in [0.717, 1.165) is 6.26 Å². The lowest BCUT2D eigenvalue weighted by molar-refractivity contribution is -0.144. The molecule has 1 saturated heterocycles. The molecule has 1 unspecified atom stereocenters. The van der Waals surface area contributed by atoms with Crippen LogP contribution in [0.4, 0.5) is 0 Å². The fourth-order valence-corrected chi connectivity index (χ4v) is 2.50. The Balaban J connectivity index is 2.20. The zero-order valence-corrected chi connectivity index (χ0v) is 11.5. The van der Waals surface area contributed by atoms with E-state index in [1.54, 1.807) is 0 Å². The minimum atomic E-state index is -3.45. The lowest BCUT2D eigenvalue weighted by atomic mass is 9.99. The smallest absolute Gasteiger partial charge is 0.331 e. The summed E-state index contributed by atoms with van der Waals surface area (Å²) in [6, 6.07) is 2.54. The number of carboxylic acid groups (broad SMARTS) is 1. The first kappa shape index (κ1) is 14.5. The number of hydrogen-bond acceptors (Lipinski definition) is 5. The average Bonchev–Trinajstić information content (AvgIpc) is 2.96. The van der Waals surface area contributed by atoms with Crippen molar-refractivity contribution in [3.8, 4) is 0 Å². The van der Waals surface area contributed by atoms with Crippen LogP contribution in [-0.4, -0.2) is 55.4 Å². The summed E-state index contributed by atoms with van der Waals surface area (Å²) < 4.78 is 27.6. The van der Waals surface area contributed by atoms with Gasteiger partial charge in [0, 0.05) is 19.3 Å². The maximum absolute atomic E-state index is 12.0. The number of nitrogens with one attached hydrogen (secondary N) is 2. The second-order valence-corrected chi connectivity index (χ2v) is 6.64. The second-order valence-electron chi connectivity index (χ2n) is 4.65. The third kappa shape index (κ3) is 2.68. The van der Waals surface area contributed by atoms with Gasteiger partial charge < -0.3 is 20.1 Å². The van der Waals surface area contributed by atoms with Gasteiger partial charge in [-0.25, -0.2) is 13.2 Å². The number of ether oxygens (including phenoxy) is 1. The molecule has 2 heterocycles. The molecule has 1 aromatic heterocycles. The Kier molecular flexibility index (Phi) is 3.57. The molecule has 1 fully saturated rings. The molecular formula is C11H14N2O6S. The largest absolute Gasteiger partial charge is 0.479 e. The van der Waals surface area contributed by atoms with Gasteiger partial charge in [-0.2, -0.15) is 0 Å². The van der Waals surface area contributed by atoms with Gasteiger partial charge in [-0.3, -0.25) is 4.79 Å². The Bertz CT molecular complexity index is 642. The number of hydrogen-bond donors (Lipinski definition) is 3. The molecule has 3 N–H and O–H groups in total. The highest BCUT2D eigenvalue weighted by molar-refractivity contribution is 7.90. The van der Waals surface area contributed by atoms with Crippen LogP contribution in [0, 0.1) is 0 Å². The molecule has 1 atom stereocenters. The van der Waals surface area contributed by atoms with Crippen LogP contribution in [0.2, 0.25) is 0 Å². The lowest BCUT2D eigenvalue weighted by Crippen LogP contribution is -2.55. The van der Waals surface area contributed by atoms with Crippen molar-refractivity contribution in [2.75, 3.05) is 19.5 Å². The third-order valence-electron chi connectivity index (χ3n) is 3.09. The number of rotatable bonds is 4. The molecule has 20 heavy (non-hydrogen) atoms. The van der Waals surface area contributed by atoms with Crippen LogP contribution in [0.1, 0.15) is 16.9 Å². The van der Waals surface area contributed by atoms with Crippen molar-refractivity contribution in [2.24, 2.45) is 0 Å². The van der Waals surface area contributed by atoms with Crippen molar-refractivity contribution in [3.63, 3.8) is 0 Å². The number of aromatic amines is 1. The van der Waals surface area contributed by atoms with Crippen molar-refractivity contribution in [1.82, 2.24) is 10.3 Å². The number of aliphatic carboxylic acids is 1. The minimum absolute atomic E-state index is 0.0158. The van der Waals surface area contributed by atoms with Gasteiger partial charge in [0.2, 0.25) is 0 Å². The van der Waals surface area contributed by atoms with Gasteiger partial charge in [0.05, 0.1) is 6.61 Å². The normalized spacial score (nSPS) is 22.6. The summed E-state index contributed by atoms with van der Waals surface area (Å²) in [5.41, 5.74) is -1.48. The standard InChI is InChI=1S/C11H14N2O6S/c1-20(17,18)8-3-2-7(12-8)9(14)13-11(10(15)16)4-5-19-6-11/h2-3,12H,4-6H2,1H3,(H,13,14)(H,15,16). The van der Waals surface area contributed by atoms with E-state index in [2.05, 4.69) is 10.3 Å². The molecule has 1 aliphatic heterocycles. The van der Waals surface area contributed by atoms with Gasteiger partial charge in [-0.1, -0.05) is 0 Å². The van der Waals surface area contributed by atoms with Crippen molar-refractivity contribution in [2.45, 2.75) is 17.0 Å². The van der Waals surface area contributed by atoms with E-state index in [4.69, 9.17) is 4.74 Å². The highest BCUT2D eigenvalue weighted by Crippen LogP contribution is 2.20. The van der Waals surface area contributed by atoms with Gasteiger partial charge in [0.1, 0.15) is 10.7 Å². The van der Waals surface area contributed by atoms with Gasteiger partial charge >= 0.3 is 5.97 Å². The molecule has 1 aliphatic rings. The second kappa shape index (κ2) is 4.91. The quantitative estimate of drug-likeness (QED) is 0.681. The summed E-state index contributed by atoms with van der Waals surface area (Å²) in [6.45, 7) is 0.125. The number of carbonyl (C=O) groups is 2. The van der Waals surface area contributed by atoms with Crippen molar-refractivity contribution in [1.29, 1.82) is 0 Å². The summed E-state index contributed by atoms with van der Waals surface area (Å²) in [7, 11) is -3.45. The summed E-state index contributed by atoms with van der Waals surface area (Å²) in [6.07, 6.45) is 1.16. The van der Waals surface area contributed by atoms with Crippen LogP contribution in [0.15, 0.2) is 17.2 Å². The molecule has 0 spiro atoms. The summed E-state index contributed by atoms with van der Waals surface area (Å²) >= 11 is 0. The molecule has 0 saturated carbocycles. The summed E-state index contributed by atoms with van der Waals surface area (Å²) in [5, 5.41) is 11.5. The fourth-order valence-electron chi connectivity index (χ4n) is 1.89. The molecule has 0 aliphatic carbocycles. The number of H-pyrrole nitrogens is 1. The number of amides is 1. The molecule has 1 aromatic rings. The van der Waals surface area contributed by atoms with Crippen molar-refractivity contribution in [3.05, 3.63) is 17.8 Å². The first-order valence-electron chi connectivity index (χ1n) is 5.77.